The lowest BCUT2D eigenvalue weighted by atomic mass is 9.96. The van der Waals surface area contributed by atoms with Crippen LogP contribution in [0.1, 0.15) is 91.3 Å². The van der Waals surface area contributed by atoms with Crippen LogP contribution in [0.5, 0.6) is 5.75 Å². The van der Waals surface area contributed by atoms with Gasteiger partial charge in [-0.15, -0.1) is 0 Å². The molecule has 1 aliphatic heterocycles. The molecule has 7 nitrogen and oxygen atoms in total. The lowest BCUT2D eigenvalue weighted by Crippen LogP contribution is -2.55. The highest BCUT2D eigenvalue weighted by Crippen LogP contribution is 2.40. The third-order valence-electron chi connectivity index (χ3n) is 8.26. The van der Waals surface area contributed by atoms with Crippen molar-refractivity contribution in [3.63, 3.8) is 0 Å². The van der Waals surface area contributed by atoms with E-state index in [1.54, 1.807) is 12.1 Å². The number of nitrogens with zero attached hydrogens (tertiary/aromatic N) is 3. The van der Waals surface area contributed by atoms with Gasteiger partial charge >= 0.3 is 0 Å². The monoisotopic (exact) mass is 613 g/mol. The van der Waals surface area contributed by atoms with Gasteiger partial charge in [-0.05, 0) is 63.8 Å². The Balaban J connectivity index is 1.94. The summed E-state index contributed by atoms with van der Waals surface area (Å²) in [6.07, 6.45) is 5.34. The molecule has 0 aromatic heterocycles. The quantitative estimate of drug-likeness (QED) is 0.162. The Kier molecular flexibility index (Phi) is 12.3. The Hall–Kier alpha value is -3.52. The molecule has 0 aliphatic carbocycles. The molecule has 242 valence electrons. The minimum absolute atomic E-state index is 0.00259. The summed E-state index contributed by atoms with van der Waals surface area (Å²) in [7, 11) is 0. The number of phenolic OH excluding ortho intramolecular Hbond substituents is 1. The molecule has 2 unspecified atom stereocenters. The number of unbranched alkanes of at least 4 members (excludes halogenated alkanes) is 4. The van der Waals surface area contributed by atoms with E-state index >= 15 is 0 Å². The SMILES string of the molecule is CCCCCCN1C(c2ccc(C)cc2C)=NC(c2ccccc2O)=NC1(OCC(O)COCCCC)c1ccc(C)cc1C. The van der Waals surface area contributed by atoms with Crippen molar-refractivity contribution >= 4 is 11.7 Å². The number of hydrogen-bond acceptors (Lipinski definition) is 7. The van der Waals surface area contributed by atoms with Gasteiger partial charge in [0.15, 0.2) is 5.84 Å². The van der Waals surface area contributed by atoms with Crippen LogP contribution in [0.15, 0.2) is 70.6 Å². The van der Waals surface area contributed by atoms with Crippen molar-refractivity contribution in [2.24, 2.45) is 9.98 Å². The van der Waals surface area contributed by atoms with Crippen LogP contribution >= 0.6 is 0 Å². The molecule has 0 bridgehead atoms. The number of aromatic hydroxyl groups is 1. The number of phenols is 1. The number of para-hydroxylation sites is 1. The minimum Gasteiger partial charge on any atom is -0.507 e. The van der Waals surface area contributed by atoms with Crippen molar-refractivity contribution in [3.8, 4) is 5.75 Å². The lowest BCUT2D eigenvalue weighted by molar-refractivity contribution is -0.157. The third-order valence-corrected chi connectivity index (χ3v) is 8.26. The Morgan fingerprint density at radius 3 is 2.20 bits per heavy atom. The molecule has 1 heterocycles. The average Bonchev–Trinajstić information content (AvgIpc) is 3.01. The summed E-state index contributed by atoms with van der Waals surface area (Å²) in [6.45, 7) is 14.1. The average molecular weight is 614 g/mol. The predicted molar refractivity (Wildman–Crippen MR) is 183 cm³/mol. The van der Waals surface area contributed by atoms with E-state index in [0.29, 0.717) is 24.6 Å². The fraction of sp³-hybridized carbons (Fsp3) is 0.474. The molecule has 4 rings (SSSR count). The molecule has 2 atom stereocenters. The van der Waals surface area contributed by atoms with Crippen LogP contribution in [0, 0.1) is 27.7 Å². The van der Waals surface area contributed by atoms with E-state index in [9.17, 15) is 10.2 Å². The number of benzene rings is 3. The number of ether oxygens (including phenoxy) is 2. The topological polar surface area (TPSA) is 86.9 Å². The van der Waals surface area contributed by atoms with Crippen LogP contribution in [-0.4, -0.2) is 59.3 Å². The van der Waals surface area contributed by atoms with Crippen molar-refractivity contribution in [2.45, 2.75) is 92.0 Å². The van der Waals surface area contributed by atoms with Crippen molar-refractivity contribution in [2.75, 3.05) is 26.4 Å². The zero-order valence-corrected chi connectivity index (χ0v) is 28.0. The molecule has 0 amide bonds. The zero-order valence-electron chi connectivity index (χ0n) is 28.0. The number of amidine groups is 2. The van der Waals surface area contributed by atoms with Gasteiger partial charge in [-0.2, -0.15) is 0 Å². The number of aliphatic imine (C=N–C) groups is 2. The van der Waals surface area contributed by atoms with Crippen LogP contribution in [-0.2, 0) is 15.3 Å². The molecule has 45 heavy (non-hydrogen) atoms. The highest BCUT2D eigenvalue weighted by molar-refractivity contribution is 6.14. The summed E-state index contributed by atoms with van der Waals surface area (Å²) in [5, 5.41) is 22.1. The van der Waals surface area contributed by atoms with E-state index in [1.165, 1.54) is 5.56 Å². The number of hydrogen-bond donors (Lipinski definition) is 2. The predicted octanol–water partition coefficient (Wildman–Crippen LogP) is 7.72. The van der Waals surface area contributed by atoms with Gasteiger partial charge in [-0.3, -0.25) is 0 Å². The molecule has 1 aliphatic rings. The molecule has 0 saturated carbocycles. The second kappa shape index (κ2) is 16.2. The second-order valence-corrected chi connectivity index (χ2v) is 12.2. The third kappa shape index (κ3) is 8.40. The van der Waals surface area contributed by atoms with Gasteiger partial charge in [-0.25, -0.2) is 9.98 Å². The van der Waals surface area contributed by atoms with Gasteiger partial charge in [-0.1, -0.05) is 99.2 Å². The smallest absolute Gasteiger partial charge is 0.270 e. The van der Waals surface area contributed by atoms with Crippen molar-refractivity contribution in [1.29, 1.82) is 0 Å². The summed E-state index contributed by atoms with van der Waals surface area (Å²) in [6, 6.07) is 19.8. The molecule has 0 saturated heterocycles. The van der Waals surface area contributed by atoms with E-state index < -0.39 is 12.0 Å². The second-order valence-electron chi connectivity index (χ2n) is 12.2. The largest absolute Gasteiger partial charge is 0.507 e. The Bertz CT molecular complexity index is 1480. The van der Waals surface area contributed by atoms with Crippen molar-refractivity contribution in [3.05, 3.63) is 99.6 Å². The number of aliphatic hydroxyl groups excluding tert-OH is 1. The molecular weight excluding hydrogens is 562 g/mol. The lowest BCUT2D eigenvalue weighted by Gasteiger charge is -2.46. The maximum Gasteiger partial charge on any atom is 0.270 e. The first kappa shape index (κ1) is 34.4. The standard InChI is InChI=1S/C38H51N3O4/c1-7-9-11-14-21-41-37(32-19-17-27(3)23-29(32)5)39-36(33-15-12-13-16-35(33)43)40-38(41,34-20-18-28(4)24-30(34)6)45-26-31(42)25-44-22-10-8-2/h12-13,15-20,23-24,31,42-43H,7-11,14,21-22,25-26H2,1-6H3. The number of rotatable bonds is 16. The fourth-order valence-electron chi connectivity index (χ4n) is 5.84. The highest BCUT2D eigenvalue weighted by atomic mass is 16.5. The number of aliphatic hydroxyl groups is 1. The van der Waals surface area contributed by atoms with Crippen LogP contribution in [0.2, 0.25) is 0 Å². The summed E-state index contributed by atoms with van der Waals surface area (Å²) < 4.78 is 12.7. The van der Waals surface area contributed by atoms with Crippen LogP contribution in [0.3, 0.4) is 0 Å². The summed E-state index contributed by atoms with van der Waals surface area (Å²) in [5.41, 5.74) is 6.77. The first-order chi connectivity index (χ1) is 21.7. The van der Waals surface area contributed by atoms with Gasteiger partial charge in [0.05, 0.1) is 18.8 Å². The summed E-state index contributed by atoms with van der Waals surface area (Å²) in [4.78, 5) is 12.7. The number of aryl methyl sites for hydroxylation is 4. The van der Waals surface area contributed by atoms with Crippen molar-refractivity contribution in [1.82, 2.24) is 4.90 Å². The summed E-state index contributed by atoms with van der Waals surface area (Å²) >= 11 is 0. The van der Waals surface area contributed by atoms with E-state index in [4.69, 9.17) is 19.5 Å². The van der Waals surface area contributed by atoms with E-state index in [0.717, 1.165) is 72.2 Å². The fourth-order valence-corrected chi connectivity index (χ4v) is 5.84. The Morgan fingerprint density at radius 2 is 1.51 bits per heavy atom. The zero-order chi connectivity index (χ0) is 32.4. The van der Waals surface area contributed by atoms with Gasteiger partial charge < -0.3 is 24.6 Å². The van der Waals surface area contributed by atoms with Gasteiger partial charge in [0.1, 0.15) is 17.7 Å². The van der Waals surface area contributed by atoms with E-state index in [-0.39, 0.29) is 19.0 Å². The Morgan fingerprint density at radius 1 is 0.800 bits per heavy atom. The highest BCUT2D eigenvalue weighted by Gasteiger charge is 2.46. The normalized spacial score (nSPS) is 17.3. The maximum atomic E-state index is 11.1. The van der Waals surface area contributed by atoms with Gasteiger partial charge in [0.2, 0.25) is 0 Å². The minimum atomic E-state index is -1.36. The molecule has 0 radical (unpaired) electrons. The first-order valence-electron chi connectivity index (χ1n) is 16.5. The molecular formula is C38H51N3O4. The first-order valence-corrected chi connectivity index (χ1v) is 16.5. The molecule has 3 aromatic rings. The van der Waals surface area contributed by atoms with Gasteiger partial charge in [0, 0.05) is 24.3 Å². The van der Waals surface area contributed by atoms with E-state index in [1.807, 2.05) is 12.1 Å². The van der Waals surface area contributed by atoms with Crippen LogP contribution < -0.4 is 0 Å². The molecule has 2 N–H and O–H groups in total. The summed E-state index contributed by atoms with van der Waals surface area (Å²) in [5.74, 6) is -0.164. The molecule has 3 aromatic carbocycles. The molecule has 7 heteroatoms. The molecule has 0 spiro atoms. The maximum absolute atomic E-state index is 11.1. The molecule has 0 fully saturated rings. The van der Waals surface area contributed by atoms with Crippen molar-refractivity contribution < 1.29 is 19.7 Å². The van der Waals surface area contributed by atoms with E-state index in [2.05, 4.69) is 82.8 Å². The Labute approximate surface area is 269 Å². The van der Waals surface area contributed by atoms with Gasteiger partial charge in [0.25, 0.3) is 5.85 Å². The van der Waals surface area contributed by atoms with Crippen LogP contribution in [0.4, 0.5) is 0 Å². The van der Waals surface area contributed by atoms with Crippen LogP contribution in [0.25, 0.3) is 0 Å².